The Morgan fingerprint density at radius 3 is 1.84 bits per heavy atom. The van der Waals surface area contributed by atoms with Gasteiger partial charge >= 0.3 is 0 Å². The Morgan fingerprint density at radius 1 is 0.560 bits per heavy atom. The molecule has 9 aromatic carbocycles. The van der Waals surface area contributed by atoms with Gasteiger partial charge in [-0.2, -0.15) is 18.2 Å². The van der Waals surface area contributed by atoms with Crippen LogP contribution in [-0.4, -0.2) is 22.2 Å². The number of para-hydroxylation sites is 2. The van der Waals surface area contributed by atoms with Crippen molar-refractivity contribution >= 4 is 61.7 Å². The first-order valence-corrected chi connectivity index (χ1v) is 25.8. The maximum atomic E-state index is 9.89. The van der Waals surface area contributed by atoms with E-state index in [9.17, 15) is 16.4 Å². The second-order valence-corrected chi connectivity index (χ2v) is 23.3. The molecule has 0 saturated carbocycles. The summed E-state index contributed by atoms with van der Waals surface area (Å²) in [5, 5.41) is -0.426. The van der Waals surface area contributed by atoms with Crippen molar-refractivity contribution in [2.75, 3.05) is 0 Å². The number of hydrogen-bond acceptors (Lipinski definition) is 2. The van der Waals surface area contributed by atoms with Crippen LogP contribution in [0.5, 0.6) is 11.5 Å². The molecule has 0 spiro atoms. The van der Waals surface area contributed by atoms with Gasteiger partial charge in [0.25, 0.3) is 6.33 Å². The third-order valence-electron chi connectivity index (χ3n) is 13.2. The molecule has 12 aromatic rings. The number of nitrogens with zero attached hydrogens (tertiary/aromatic N) is 4. The van der Waals surface area contributed by atoms with Crippen LogP contribution < -0.4 is 30.1 Å². The van der Waals surface area contributed by atoms with Crippen LogP contribution in [0, 0.1) is 18.5 Å². The molecule has 0 N–H and O–H groups in total. The number of hydrogen-bond donors (Lipinski definition) is 0. The molecule has 3 aromatic heterocycles. The second-order valence-electron chi connectivity index (χ2n) is 19.8. The number of ether oxygens (including phenoxy) is 1. The van der Waals surface area contributed by atoms with E-state index >= 15 is 0 Å². The fourth-order valence-electron chi connectivity index (χ4n) is 9.71. The molecule has 0 aliphatic heterocycles. The molecule has 0 unspecified atom stereocenters. The predicted molar refractivity (Wildman–Crippen MR) is 306 cm³/mol. The Balaban J connectivity index is 0.00000919. The average Bonchev–Trinajstić information content (AvgIpc) is 1.43. The van der Waals surface area contributed by atoms with Gasteiger partial charge in [0.05, 0.1) is 44.1 Å². The Bertz CT molecular complexity index is 4970. The number of fused-ring (bicyclic) bond motifs is 4. The van der Waals surface area contributed by atoms with Crippen molar-refractivity contribution in [3.63, 3.8) is 0 Å². The van der Waals surface area contributed by atoms with Gasteiger partial charge in [0.2, 0.25) is 0 Å². The maximum absolute atomic E-state index is 9.89. The van der Waals surface area contributed by atoms with Gasteiger partial charge in [-0.15, -0.1) is 29.7 Å². The number of aromatic nitrogens is 4. The van der Waals surface area contributed by atoms with E-state index in [-0.39, 0.29) is 76.7 Å². The van der Waals surface area contributed by atoms with Gasteiger partial charge in [-0.1, -0.05) is 216 Å². The zero-order chi connectivity index (χ0) is 68.0. The summed E-state index contributed by atoms with van der Waals surface area (Å²) in [6, 6.07) is 20.1. The fourth-order valence-corrected chi connectivity index (χ4v) is 13.7. The summed E-state index contributed by atoms with van der Waals surface area (Å²) in [6.07, 6.45) is 5.23. The average molecular weight is 1190 g/mol. The van der Waals surface area contributed by atoms with Gasteiger partial charge in [-0.25, -0.2) is 4.98 Å². The van der Waals surface area contributed by atoms with E-state index in [4.69, 9.17) is 20.7 Å². The summed E-state index contributed by atoms with van der Waals surface area (Å²) >= 11 is 0. The molecule has 0 bridgehead atoms. The first-order chi connectivity index (χ1) is 44.2. The number of rotatable bonds is 10. The Kier molecular flexibility index (Phi) is 8.19. The Morgan fingerprint density at radius 2 is 1.19 bits per heavy atom. The SMILES string of the molecule is [2H]c1c([2H])c([2H])c(-c2ccc3c(c2)n(-c2[c-]c(Oc4[c-]c5c(cc4)c4ccccc4n5-c4cc(C(C)(C)C)ccn4)ccc2)[c-][n+]3-c2c(C(C)(C)C)cccc2[Si](c2c([2H])c([2H])c([2H])c([2H])c2[2H])(c2c([2H])c([2H])c([2H])c([2H])c2[2H])c2c([2H])c([2H])c([2H])c([2H])c2[2H])c([2H])c1[2H].[Pt]. The summed E-state index contributed by atoms with van der Waals surface area (Å²) in [6.45, 7) is 11.9. The molecule has 0 atom stereocenters. The summed E-state index contributed by atoms with van der Waals surface area (Å²) < 4.78 is 197. The summed E-state index contributed by atoms with van der Waals surface area (Å²) in [5.74, 6) is 1.12. The Hall–Kier alpha value is -7.89. The van der Waals surface area contributed by atoms with Crippen LogP contribution in [0.3, 0.4) is 0 Å². The van der Waals surface area contributed by atoms with Crippen molar-refractivity contribution in [3.8, 4) is 39.8 Å². The normalized spacial score (nSPS) is 15.8. The zero-order valence-electron chi connectivity index (χ0n) is 61.4. The number of pyridine rings is 1. The van der Waals surface area contributed by atoms with Crippen LogP contribution in [0.4, 0.5) is 0 Å². The van der Waals surface area contributed by atoms with Crippen molar-refractivity contribution in [1.82, 2.24) is 14.1 Å². The molecule has 12 rings (SSSR count). The molecule has 0 aliphatic carbocycles. The molecule has 0 aliphatic rings. The van der Waals surface area contributed by atoms with Crippen LogP contribution in [0.25, 0.3) is 61.2 Å². The van der Waals surface area contributed by atoms with Gasteiger partial charge in [-0.3, -0.25) is 4.57 Å². The van der Waals surface area contributed by atoms with Crippen molar-refractivity contribution in [2.45, 2.75) is 52.4 Å². The number of benzene rings is 9. The van der Waals surface area contributed by atoms with Gasteiger partial charge in [0, 0.05) is 44.3 Å². The maximum Gasteiger partial charge on any atom is 0.268 e. The van der Waals surface area contributed by atoms with Crippen molar-refractivity contribution in [3.05, 3.63) is 260 Å². The van der Waals surface area contributed by atoms with E-state index in [1.54, 1.807) is 54.7 Å². The predicted octanol–water partition coefficient (Wildman–Crippen LogP) is 13.2. The molecule has 5 nitrogen and oxygen atoms in total. The molecule has 7 heteroatoms. The molecular formula is C68H56N4OPtSi-2. The standard InChI is InChI=1S/C68H56N4OSi.Pt/c1-67(2,3)50-41-42-69-65(44-50)72-60-35-20-19-33-57(60)58-39-38-53(46-62(58)72)73-52-26-21-25-51(45-52)70-47-71(61-40-37-49(43-63(61)70)48-23-11-7-12-24-48)66-59(68(4,5)6)34-22-36-64(66)74(54-27-13-8-14-28-54,55-29-15-9-16-30-55)56-31-17-10-18-32-56;/h7-44H,1-6H3;/q-2;/i7D,8D,9D,10D,11D,12D,13D,14D,15D,16D,17D,18D,23D,24D,27D,28D,29D,30D,31D,32D;. The fraction of sp³-hybridized carbons (Fsp3) is 0.118. The molecule has 3 heterocycles. The smallest absolute Gasteiger partial charge is 0.268 e. The quantitative estimate of drug-likeness (QED) is 0.0592. The minimum Gasteiger partial charge on any atom is -0.510 e. The largest absolute Gasteiger partial charge is 0.510 e. The van der Waals surface area contributed by atoms with Crippen molar-refractivity contribution < 1.29 is 57.8 Å². The first-order valence-electron chi connectivity index (χ1n) is 33.8. The topological polar surface area (TPSA) is 35.9 Å². The number of imidazole rings is 1. The van der Waals surface area contributed by atoms with Crippen LogP contribution in [0.2, 0.25) is 0 Å². The van der Waals surface area contributed by atoms with E-state index in [2.05, 4.69) is 39.2 Å². The Labute approximate surface area is 483 Å². The van der Waals surface area contributed by atoms with Crippen LogP contribution in [0.1, 0.15) is 80.1 Å². The van der Waals surface area contributed by atoms with Gasteiger partial charge in [0.1, 0.15) is 5.82 Å². The molecule has 0 saturated heterocycles. The third-order valence-corrected chi connectivity index (χ3v) is 17.4. The van der Waals surface area contributed by atoms with Gasteiger partial charge in [0.15, 0.2) is 8.07 Å². The molecular weight excluding hydrogens is 1110 g/mol. The van der Waals surface area contributed by atoms with Crippen LogP contribution in [0.15, 0.2) is 230 Å². The minimum absolute atomic E-state index is 0. The summed E-state index contributed by atoms with van der Waals surface area (Å²) in [4.78, 5) is 4.81. The van der Waals surface area contributed by atoms with Crippen LogP contribution >= 0.6 is 0 Å². The summed E-state index contributed by atoms with van der Waals surface area (Å²) in [5.41, 5.74) is 2.39. The van der Waals surface area contributed by atoms with E-state index < -0.39 is 150 Å². The first kappa shape index (κ1) is 31.1. The minimum atomic E-state index is -5.83. The van der Waals surface area contributed by atoms with Crippen molar-refractivity contribution in [1.29, 1.82) is 0 Å². The van der Waals surface area contributed by atoms with Crippen LogP contribution in [-0.2, 0) is 31.9 Å². The van der Waals surface area contributed by atoms with E-state index in [1.807, 2.05) is 67.8 Å². The molecule has 75 heavy (non-hydrogen) atoms. The van der Waals surface area contributed by atoms with Gasteiger partial charge < -0.3 is 13.9 Å². The third kappa shape index (κ3) is 8.86. The molecule has 0 radical (unpaired) electrons. The monoisotopic (exact) mass is 1190 g/mol. The molecule has 0 fully saturated rings. The van der Waals surface area contributed by atoms with E-state index in [1.165, 1.54) is 21.3 Å². The van der Waals surface area contributed by atoms with E-state index in [0.717, 1.165) is 21.9 Å². The zero-order valence-corrected chi connectivity index (χ0v) is 44.7. The second kappa shape index (κ2) is 19.8. The van der Waals surface area contributed by atoms with Gasteiger partial charge in [-0.05, 0) is 89.2 Å². The molecule has 370 valence electrons. The van der Waals surface area contributed by atoms with Crippen molar-refractivity contribution in [2.24, 2.45) is 0 Å². The summed E-state index contributed by atoms with van der Waals surface area (Å²) in [7, 11) is -5.83. The van der Waals surface area contributed by atoms with E-state index in [0.29, 0.717) is 16.9 Å². The molecule has 0 amide bonds.